The number of phenolic OH excluding ortho intramolecular Hbond substituents is 1. The lowest BCUT2D eigenvalue weighted by atomic mass is 10.1. The summed E-state index contributed by atoms with van der Waals surface area (Å²) in [6.45, 7) is 0. The van der Waals surface area contributed by atoms with Gasteiger partial charge in [-0.2, -0.15) is 5.26 Å². The van der Waals surface area contributed by atoms with Crippen molar-refractivity contribution in [2.75, 3.05) is 10.6 Å². The molecule has 0 heterocycles. The van der Waals surface area contributed by atoms with Gasteiger partial charge < -0.3 is 15.7 Å². The predicted molar refractivity (Wildman–Crippen MR) is 106 cm³/mol. The third kappa shape index (κ3) is 3.85. The van der Waals surface area contributed by atoms with Crippen LogP contribution < -0.4 is 10.6 Å². The zero-order chi connectivity index (χ0) is 18.5. The number of fused-ring (bicyclic) bond motifs is 1. The Hall–Kier alpha value is -3.30. The topological polar surface area (TPSA) is 85.2 Å². The van der Waals surface area contributed by atoms with E-state index in [2.05, 4.69) is 26.6 Å². The van der Waals surface area contributed by atoms with Gasteiger partial charge in [0, 0.05) is 32.8 Å². The number of carbonyl (C=O) groups is 1. The van der Waals surface area contributed by atoms with E-state index >= 15 is 0 Å². The predicted octanol–water partition coefficient (Wildman–Crippen LogP) is 4.77. The van der Waals surface area contributed by atoms with E-state index in [0.29, 0.717) is 16.5 Å². The molecule has 0 spiro atoms. The van der Waals surface area contributed by atoms with Gasteiger partial charge in [-0.15, -0.1) is 0 Å². The molecular weight excluding hydrogens is 394 g/mol. The summed E-state index contributed by atoms with van der Waals surface area (Å²) in [4.78, 5) is 12.4. The first-order valence-electron chi connectivity index (χ1n) is 7.73. The van der Waals surface area contributed by atoms with Gasteiger partial charge in [-0.05, 0) is 36.4 Å². The van der Waals surface area contributed by atoms with E-state index < -0.39 is 5.91 Å². The second-order valence-electron chi connectivity index (χ2n) is 5.45. The van der Waals surface area contributed by atoms with Gasteiger partial charge in [0.2, 0.25) is 0 Å². The van der Waals surface area contributed by atoms with Crippen LogP contribution >= 0.6 is 15.9 Å². The van der Waals surface area contributed by atoms with Crippen molar-refractivity contribution in [3.05, 3.63) is 76.9 Å². The molecule has 0 unspecified atom stereocenters. The number of nitrogens with one attached hydrogen (secondary N) is 2. The molecule has 0 fully saturated rings. The van der Waals surface area contributed by atoms with E-state index in [9.17, 15) is 15.2 Å². The summed E-state index contributed by atoms with van der Waals surface area (Å²) in [5, 5.41) is 26.2. The molecule has 5 nitrogen and oxygen atoms in total. The van der Waals surface area contributed by atoms with Crippen molar-refractivity contribution in [3.8, 4) is 11.8 Å². The minimum absolute atomic E-state index is 0.0647. The Balaban J connectivity index is 1.82. The Bertz CT molecular complexity index is 1040. The number of nitrogens with zero attached hydrogens (tertiary/aromatic N) is 1. The van der Waals surface area contributed by atoms with E-state index in [-0.39, 0.29) is 11.3 Å². The zero-order valence-corrected chi connectivity index (χ0v) is 15.1. The molecular formula is C20H14BrN3O2. The van der Waals surface area contributed by atoms with Gasteiger partial charge in [-0.3, -0.25) is 4.79 Å². The Morgan fingerprint density at radius 1 is 1.04 bits per heavy atom. The fourth-order valence-electron chi connectivity index (χ4n) is 2.44. The average Bonchev–Trinajstić information content (AvgIpc) is 2.64. The molecule has 3 aromatic carbocycles. The molecule has 0 saturated heterocycles. The van der Waals surface area contributed by atoms with Crippen molar-refractivity contribution in [3.63, 3.8) is 0 Å². The van der Waals surface area contributed by atoms with Crippen molar-refractivity contribution in [2.45, 2.75) is 0 Å². The lowest BCUT2D eigenvalue weighted by molar-refractivity contribution is -0.112. The van der Waals surface area contributed by atoms with Crippen molar-refractivity contribution in [2.24, 2.45) is 0 Å². The molecule has 6 heteroatoms. The van der Waals surface area contributed by atoms with Gasteiger partial charge in [0.15, 0.2) is 0 Å². The van der Waals surface area contributed by atoms with Crippen LogP contribution in [0.4, 0.5) is 11.4 Å². The molecule has 0 radical (unpaired) electrons. The molecule has 3 aromatic rings. The van der Waals surface area contributed by atoms with Crippen LogP contribution in [0.2, 0.25) is 0 Å². The number of anilines is 2. The van der Waals surface area contributed by atoms with Crippen molar-refractivity contribution in [1.82, 2.24) is 0 Å². The van der Waals surface area contributed by atoms with Crippen LogP contribution in [0.15, 0.2) is 76.9 Å². The summed E-state index contributed by atoms with van der Waals surface area (Å²) < 4.78 is 0.935. The number of rotatable bonds is 4. The summed E-state index contributed by atoms with van der Waals surface area (Å²) in [5.41, 5.74) is 1.21. The van der Waals surface area contributed by atoms with Crippen LogP contribution in [-0.4, -0.2) is 11.0 Å². The van der Waals surface area contributed by atoms with Crippen LogP contribution in [0.5, 0.6) is 5.75 Å². The van der Waals surface area contributed by atoms with E-state index in [1.807, 2.05) is 30.3 Å². The molecule has 0 aliphatic heterocycles. The number of phenols is 1. The third-order valence-electron chi connectivity index (χ3n) is 3.74. The molecule has 0 aliphatic carbocycles. The van der Waals surface area contributed by atoms with Crippen LogP contribution in [0.3, 0.4) is 0 Å². The number of amides is 1. The monoisotopic (exact) mass is 407 g/mol. The molecule has 1 amide bonds. The lowest BCUT2D eigenvalue weighted by Gasteiger charge is -2.09. The van der Waals surface area contributed by atoms with Crippen molar-refractivity contribution >= 4 is 44.0 Å². The highest BCUT2D eigenvalue weighted by molar-refractivity contribution is 9.10. The van der Waals surface area contributed by atoms with Crippen LogP contribution in [0.1, 0.15) is 0 Å². The standard InChI is InChI=1S/C20H14BrN3O2/c21-14-7-9-15(10-8-14)23-12-13(11-22)20(26)24-18-5-1-4-17-16(18)3-2-6-19(17)25/h1-10,12,23,25H,(H,24,26)/b13-12-. The van der Waals surface area contributed by atoms with Gasteiger partial charge in [0.1, 0.15) is 17.4 Å². The minimum Gasteiger partial charge on any atom is -0.507 e. The van der Waals surface area contributed by atoms with Crippen LogP contribution in [0.25, 0.3) is 10.8 Å². The molecule has 0 atom stereocenters. The molecule has 0 saturated carbocycles. The third-order valence-corrected chi connectivity index (χ3v) is 4.27. The molecule has 0 bridgehead atoms. The Labute approximate surface area is 158 Å². The first-order chi connectivity index (χ1) is 12.6. The fourth-order valence-corrected chi connectivity index (χ4v) is 2.71. The van der Waals surface area contributed by atoms with E-state index in [1.54, 1.807) is 36.4 Å². The number of halogens is 1. The Morgan fingerprint density at radius 3 is 2.46 bits per heavy atom. The van der Waals surface area contributed by atoms with Gasteiger partial charge in [0.05, 0.1) is 0 Å². The van der Waals surface area contributed by atoms with Gasteiger partial charge in [-0.25, -0.2) is 0 Å². The molecule has 128 valence electrons. The summed E-state index contributed by atoms with van der Waals surface area (Å²) in [6.07, 6.45) is 1.36. The smallest absolute Gasteiger partial charge is 0.267 e. The van der Waals surface area contributed by atoms with Crippen LogP contribution in [0, 0.1) is 11.3 Å². The molecule has 0 aliphatic rings. The number of nitriles is 1. The average molecular weight is 408 g/mol. The second-order valence-corrected chi connectivity index (χ2v) is 6.37. The maximum absolute atomic E-state index is 12.4. The van der Waals surface area contributed by atoms with Gasteiger partial charge >= 0.3 is 0 Å². The second kappa shape index (κ2) is 7.72. The van der Waals surface area contributed by atoms with Crippen molar-refractivity contribution < 1.29 is 9.90 Å². The van der Waals surface area contributed by atoms with Crippen LogP contribution in [-0.2, 0) is 4.79 Å². The van der Waals surface area contributed by atoms with E-state index in [1.165, 1.54) is 6.20 Å². The largest absolute Gasteiger partial charge is 0.507 e. The Kier molecular flexibility index (Phi) is 5.20. The summed E-state index contributed by atoms with van der Waals surface area (Å²) in [7, 11) is 0. The number of hydrogen-bond donors (Lipinski definition) is 3. The quantitative estimate of drug-likeness (QED) is 0.429. The number of hydrogen-bond acceptors (Lipinski definition) is 4. The van der Waals surface area contributed by atoms with E-state index in [0.717, 1.165) is 10.2 Å². The number of carbonyl (C=O) groups excluding carboxylic acids is 1. The zero-order valence-electron chi connectivity index (χ0n) is 13.5. The van der Waals surface area contributed by atoms with Gasteiger partial charge in [0.25, 0.3) is 5.91 Å². The highest BCUT2D eigenvalue weighted by Gasteiger charge is 2.12. The first-order valence-corrected chi connectivity index (χ1v) is 8.52. The highest BCUT2D eigenvalue weighted by atomic mass is 79.9. The first kappa shape index (κ1) is 17.5. The maximum Gasteiger partial charge on any atom is 0.267 e. The Morgan fingerprint density at radius 2 is 1.73 bits per heavy atom. The molecule has 3 N–H and O–H groups in total. The minimum atomic E-state index is -0.534. The highest BCUT2D eigenvalue weighted by Crippen LogP contribution is 2.30. The fraction of sp³-hybridized carbons (Fsp3) is 0. The van der Waals surface area contributed by atoms with Crippen molar-refractivity contribution in [1.29, 1.82) is 5.26 Å². The van der Waals surface area contributed by atoms with E-state index in [4.69, 9.17) is 0 Å². The SMILES string of the molecule is N#C/C(=C/Nc1ccc(Br)cc1)C(=O)Nc1cccc2c(O)cccc12. The number of aromatic hydroxyl groups is 1. The molecule has 0 aromatic heterocycles. The lowest BCUT2D eigenvalue weighted by Crippen LogP contribution is -2.14. The number of benzene rings is 3. The summed E-state index contributed by atoms with van der Waals surface area (Å²) in [6, 6.07) is 19.5. The molecule has 3 rings (SSSR count). The summed E-state index contributed by atoms with van der Waals surface area (Å²) >= 11 is 3.35. The van der Waals surface area contributed by atoms with Gasteiger partial charge in [-0.1, -0.05) is 40.2 Å². The normalized spacial score (nSPS) is 11.0. The molecule has 26 heavy (non-hydrogen) atoms. The summed E-state index contributed by atoms with van der Waals surface area (Å²) in [5.74, 6) is -0.403. The maximum atomic E-state index is 12.4.